The fourth-order valence-corrected chi connectivity index (χ4v) is 2.79. The molecule has 8 heteroatoms. The Labute approximate surface area is 164 Å². The highest BCUT2D eigenvalue weighted by atomic mass is 19.4. The zero-order chi connectivity index (χ0) is 21.0. The number of furan rings is 1. The number of carbonyl (C=O) groups excluding carboxylic acids is 1. The number of oxime groups is 1. The molecule has 2 aromatic carbocycles. The molecule has 0 bridgehead atoms. The lowest BCUT2D eigenvalue weighted by molar-refractivity contribution is -0.153. The van der Waals surface area contributed by atoms with Crippen molar-refractivity contribution < 1.29 is 27.2 Å². The van der Waals surface area contributed by atoms with E-state index in [1.807, 2.05) is 12.1 Å². The molecule has 5 nitrogen and oxygen atoms in total. The second-order valence-electron chi connectivity index (χ2n) is 6.14. The first-order valence-corrected chi connectivity index (χ1v) is 8.54. The summed E-state index contributed by atoms with van der Waals surface area (Å²) in [4.78, 5) is 17.2. The molecule has 0 spiro atoms. The quantitative estimate of drug-likeness (QED) is 0.452. The molecule has 1 amide bonds. The van der Waals surface area contributed by atoms with Crippen LogP contribution in [0.25, 0.3) is 11.1 Å². The Bertz CT molecular complexity index is 1040. The number of rotatable bonds is 5. The average molecular weight is 402 g/mol. The molecular formula is C21H17F3N2O3. The van der Waals surface area contributed by atoms with Gasteiger partial charge in [-0.05, 0) is 30.2 Å². The molecule has 1 aromatic heterocycles. The van der Waals surface area contributed by atoms with Crippen LogP contribution < -0.4 is 5.32 Å². The third-order valence-electron chi connectivity index (χ3n) is 4.06. The van der Waals surface area contributed by atoms with Crippen molar-refractivity contribution in [1.82, 2.24) is 0 Å². The van der Waals surface area contributed by atoms with Crippen molar-refractivity contribution >= 4 is 17.8 Å². The molecule has 1 N–H and O–H groups in total. The Morgan fingerprint density at radius 2 is 1.83 bits per heavy atom. The first-order valence-electron chi connectivity index (χ1n) is 8.54. The highest BCUT2D eigenvalue weighted by Crippen LogP contribution is 2.35. The lowest BCUT2D eigenvalue weighted by atomic mass is 10.0. The van der Waals surface area contributed by atoms with Crippen molar-refractivity contribution in [2.24, 2.45) is 5.16 Å². The number of benzene rings is 2. The van der Waals surface area contributed by atoms with Crippen LogP contribution in [0, 0.1) is 6.92 Å². The van der Waals surface area contributed by atoms with E-state index in [9.17, 15) is 18.0 Å². The predicted molar refractivity (Wildman–Crippen MR) is 103 cm³/mol. The maximum atomic E-state index is 13.1. The SMILES string of the molecule is CO/N=C/c1ccc(-c2ccccc2NC(=O)c2cc(C)oc2C(F)(F)F)cc1. The van der Waals surface area contributed by atoms with Gasteiger partial charge in [-0.15, -0.1) is 0 Å². The average Bonchev–Trinajstić information content (AvgIpc) is 3.10. The van der Waals surface area contributed by atoms with Gasteiger partial charge in [-0.25, -0.2) is 0 Å². The summed E-state index contributed by atoms with van der Waals surface area (Å²) in [6.07, 6.45) is -3.22. The highest BCUT2D eigenvalue weighted by Gasteiger charge is 2.40. The zero-order valence-electron chi connectivity index (χ0n) is 15.6. The van der Waals surface area contributed by atoms with E-state index in [0.29, 0.717) is 11.3 Å². The summed E-state index contributed by atoms with van der Waals surface area (Å²) in [7, 11) is 1.44. The maximum absolute atomic E-state index is 13.1. The van der Waals surface area contributed by atoms with E-state index in [2.05, 4.69) is 19.7 Å². The van der Waals surface area contributed by atoms with Crippen LogP contribution in [0.2, 0.25) is 0 Å². The molecule has 0 saturated carbocycles. The molecule has 3 aromatic rings. The van der Waals surface area contributed by atoms with Crippen molar-refractivity contribution in [3.05, 3.63) is 77.2 Å². The fraction of sp³-hybridized carbons (Fsp3) is 0.143. The van der Waals surface area contributed by atoms with Crippen LogP contribution in [0.3, 0.4) is 0 Å². The van der Waals surface area contributed by atoms with Crippen LogP contribution in [0.4, 0.5) is 18.9 Å². The lowest BCUT2D eigenvalue weighted by Gasteiger charge is -2.12. The van der Waals surface area contributed by atoms with E-state index in [1.54, 1.807) is 36.4 Å². The number of hydrogen-bond donors (Lipinski definition) is 1. The number of aryl methyl sites for hydroxylation is 1. The third-order valence-corrected chi connectivity index (χ3v) is 4.06. The van der Waals surface area contributed by atoms with Crippen LogP contribution in [0.5, 0.6) is 0 Å². The van der Waals surface area contributed by atoms with Crippen LogP contribution in [-0.2, 0) is 11.0 Å². The van der Waals surface area contributed by atoms with Crippen molar-refractivity contribution in [1.29, 1.82) is 0 Å². The molecule has 0 unspecified atom stereocenters. The first kappa shape index (κ1) is 20.2. The smallest absolute Gasteiger partial charge is 0.450 e. The molecule has 3 rings (SSSR count). The molecule has 0 fully saturated rings. The Hall–Kier alpha value is -3.55. The maximum Gasteiger partial charge on any atom is 0.450 e. The number of para-hydroxylation sites is 1. The van der Waals surface area contributed by atoms with Gasteiger partial charge in [0.05, 0.1) is 11.8 Å². The number of nitrogens with one attached hydrogen (secondary N) is 1. The Morgan fingerprint density at radius 1 is 1.14 bits per heavy atom. The number of hydrogen-bond acceptors (Lipinski definition) is 4. The standard InChI is InChI=1S/C21H17F3N2O3/c1-13-11-17(19(29-13)21(22,23)24)20(27)26-18-6-4-3-5-16(18)15-9-7-14(8-10-15)12-25-28-2/h3-12H,1-2H3,(H,26,27)/b25-12+. The molecule has 150 valence electrons. The first-order chi connectivity index (χ1) is 13.8. The number of halogens is 3. The Morgan fingerprint density at radius 3 is 2.48 bits per heavy atom. The highest BCUT2D eigenvalue weighted by molar-refractivity contribution is 6.07. The van der Waals surface area contributed by atoms with Gasteiger partial charge in [0.15, 0.2) is 0 Å². The molecule has 0 radical (unpaired) electrons. The topological polar surface area (TPSA) is 63.8 Å². The van der Waals surface area contributed by atoms with E-state index in [-0.39, 0.29) is 5.76 Å². The number of anilines is 1. The van der Waals surface area contributed by atoms with Crippen molar-refractivity contribution in [3.8, 4) is 11.1 Å². The molecule has 0 aliphatic rings. The number of amides is 1. The summed E-state index contributed by atoms with van der Waals surface area (Å²) < 4.78 is 44.1. The van der Waals surface area contributed by atoms with Crippen LogP contribution in [0.15, 0.2) is 64.2 Å². The number of nitrogens with zero attached hydrogens (tertiary/aromatic N) is 1. The number of alkyl halides is 3. The third kappa shape index (κ3) is 4.66. The summed E-state index contributed by atoms with van der Waals surface area (Å²) in [6, 6.07) is 15.1. The summed E-state index contributed by atoms with van der Waals surface area (Å²) >= 11 is 0. The lowest BCUT2D eigenvalue weighted by Crippen LogP contribution is -2.17. The van der Waals surface area contributed by atoms with Gasteiger partial charge in [-0.2, -0.15) is 13.2 Å². The molecular weight excluding hydrogens is 385 g/mol. The van der Waals surface area contributed by atoms with Gasteiger partial charge in [-0.1, -0.05) is 47.6 Å². The van der Waals surface area contributed by atoms with Gasteiger partial charge in [-0.3, -0.25) is 4.79 Å². The molecule has 0 aliphatic carbocycles. The normalized spacial score (nSPS) is 11.6. The van der Waals surface area contributed by atoms with Crippen LogP contribution in [0.1, 0.15) is 27.4 Å². The van der Waals surface area contributed by atoms with Crippen molar-refractivity contribution in [3.63, 3.8) is 0 Å². The van der Waals surface area contributed by atoms with Gasteiger partial charge < -0.3 is 14.6 Å². The van der Waals surface area contributed by atoms with Gasteiger partial charge in [0.2, 0.25) is 5.76 Å². The van der Waals surface area contributed by atoms with Gasteiger partial charge in [0.25, 0.3) is 5.91 Å². The monoisotopic (exact) mass is 402 g/mol. The van der Waals surface area contributed by atoms with Gasteiger partial charge in [0.1, 0.15) is 12.9 Å². The summed E-state index contributed by atoms with van der Waals surface area (Å²) in [5, 5.41) is 6.24. The Balaban J connectivity index is 1.91. The van der Waals surface area contributed by atoms with E-state index in [4.69, 9.17) is 0 Å². The second kappa shape index (κ2) is 8.22. The Kier molecular flexibility index (Phi) is 5.72. The van der Waals surface area contributed by atoms with Crippen LogP contribution in [-0.4, -0.2) is 19.2 Å². The minimum atomic E-state index is -4.76. The summed E-state index contributed by atoms with van der Waals surface area (Å²) in [5.41, 5.74) is 2.05. The minimum absolute atomic E-state index is 0.00377. The molecule has 0 saturated heterocycles. The van der Waals surface area contributed by atoms with Gasteiger partial charge in [0, 0.05) is 11.3 Å². The molecule has 1 heterocycles. The van der Waals surface area contributed by atoms with E-state index >= 15 is 0 Å². The van der Waals surface area contributed by atoms with Crippen LogP contribution >= 0.6 is 0 Å². The van der Waals surface area contributed by atoms with E-state index in [0.717, 1.165) is 17.2 Å². The van der Waals surface area contributed by atoms with Crippen molar-refractivity contribution in [2.45, 2.75) is 13.1 Å². The fourth-order valence-electron chi connectivity index (χ4n) is 2.79. The van der Waals surface area contributed by atoms with Crippen molar-refractivity contribution in [2.75, 3.05) is 12.4 Å². The zero-order valence-corrected chi connectivity index (χ0v) is 15.6. The predicted octanol–water partition coefficient (Wildman–Crippen LogP) is 5.51. The summed E-state index contributed by atoms with van der Waals surface area (Å²) in [6.45, 7) is 1.36. The van der Waals surface area contributed by atoms with E-state index < -0.39 is 23.4 Å². The van der Waals surface area contributed by atoms with E-state index in [1.165, 1.54) is 20.2 Å². The second-order valence-corrected chi connectivity index (χ2v) is 6.14. The largest absolute Gasteiger partial charge is 0.456 e. The molecule has 29 heavy (non-hydrogen) atoms. The molecule has 0 atom stereocenters. The molecule has 0 aliphatic heterocycles. The number of carbonyl (C=O) groups is 1. The summed E-state index contributed by atoms with van der Waals surface area (Å²) in [5.74, 6) is -2.21. The minimum Gasteiger partial charge on any atom is -0.456 e. The van der Waals surface area contributed by atoms with Gasteiger partial charge >= 0.3 is 6.18 Å².